The van der Waals surface area contributed by atoms with E-state index >= 15 is 0 Å². The van der Waals surface area contributed by atoms with Crippen LogP contribution in [0.25, 0.3) is 11.6 Å². The Bertz CT molecular complexity index is 971. The van der Waals surface area contributed by atoms with Crippen LogP contribution in [0.3, 0.4) is 0 Å². The topological polar surface area (TPSA) is 92.1 Å². The zero-order valence-corrected chi connectivity index (χ0v) is 15.6. The van der Waals surface area contributed by atoms with E-state index < -0.39 is 17.0 Å². The summed E-state index contributed by atoms with van der Waals surface area (Å²) in [5, 5.41) is 7.76. The molecule has 1 atom stereocenters. The van der Waals surface area contributed by atoms with E-state index in [1.165, 1.54) is 40.9 Å². The third kappa shape index (κ3) is 3.84. The van der Waals surface area contributed by atoms with Gasteiger partial charge in [-0.1, -0.05) is 18.2 Å². The molecule has 1 aliphatic rings. The van der Waals surface area contributed by atoms with Gasteiger partial charge in [0.05, 0.1) is 5.25 Å². The third-order valence-electron chi connectivity index (χ3n) is 4.45. The summed E-state index contributed by atoms with van der Waals surface area (Å²) in [4.78, 5) is 29.9. The van der Waals surface area contributed by atoms with Crippen molar-refractivity contribution in [2.75, 3.05) is 6.54 Å². The highest BCUT2D eigenvalue weighted by Gasteiger charge is 2.33. The van der Waals surface area contributed by atoms with E-state index in [9.17, 15) is 14.0 Å². The van der Waals surface area contributed by atoms with Crippen molar-refractivity contribution < 1.29 is 18.4 Å². The van der Waals surface area contributed by atoms with Crippen molar-refractivity contribution in [1.29, 1.82) is 0 Å². The molecule has 1 aromatic carbocycles. The predicted molar refractivity (Wildman–Crippen MR) is 100 cm³/mol. The van der Waals surface area contributed by atoms with Crippen LogP contribution < -0.4 is 0 Å². The minimum absolute atomic E-state index is 0.277. The van der Waals surface area contributed by atoms with Crippen molar-refractivity contribution in [3.05, 3.63) is 54.0 Å². The van der Waals surface area contributed by atoms with Crippen molar-refractivity contribution in [3.63, 3.8) is 0 Å². The molecule has 1 saturated heterocycles. The summed E-state index contributed by atoms with van der Waals surface area (Å²) in [6, 6.07) is 8.82. The minimum Gasteiger partial charge on any atom is -0.410 e. The SMILES string of the molecule is O=C(c1ccc(F)cc1)N1CCCC[C@H](Sc2nnc(-c3ccc[nH]3)o2)C1=O. The van der Waals surface area contributed by atoms with Gasteiger partial charge in [0.1, 0.15) is 11.5 Å². The van der Waals surface area contributed by atoms with Gasteiger partial charge in [-0.2, -0.15) is 0 Å². The number of thioether (sulfide) groups is 1. The quantitative estimate of drug-likeness (QED) is 0.674. The number of carbonyl (C=O) groups excluding carboxylic acids is 2. The number of halogens is 1. The smallest absolute Gasteiger partial charge is 0.277 e. The summed E-state index contributed by atoms with van der Waals surface area (Å²) in [7, 11) is 0. The van der Waals surface area contributed by atoms with Gasteiger partial charge in [-0.05, 0) is 49.2 Å². The van der Waals surface area contributed by atoms with Gasteiger partial charge in [-0.25, -0.2) is 4.39 Å². The number of benzene rings is 1. The van der Waals surface area contributed by atoms with Crippen molar-refractivity contribution in [2.24, 2.45) is 0 Å². The molecule has 1 fully saturated rings. The van der Waals surface area contributed by atoms with E-state index in [1.807, 2.05) is 12.1 Å². The second-order valence-corrected chi connectivity index (χ2v) is 7.52. The van der Waals surface area contributed by atoms with Crippen LogP contribution in [0.5, 0.6) is 0 Å². The van der Waals surface area contributed by atoms with Crippen LogP contribution in [-0.4, -0.2) is 43.7 Å². The van der Waals surface area contributed by atoms with Gasteiger partial charge in [-0.3, -0.25) is 14.5 Å². The highest BCUT2D eigenvalue weighted by molar-refractivity contribution is 8.00. The largest absolute Gasteiger partial charge is 0.410 e. The highest BCUT2D eigenvalue weighted by Crippen LogP contribution is 2.31. The first kappa shape index (κ1) is 18.4. The Balaban J connectivity index is 1.50. The monoisotopic (exact) mass is 400 g/mol. The summed E-state index contributed by atoms with van der Waals surface area (Å²) in [6.07, 6.45) is 3.87. The molecule has 4 rings (SSSR count). The molecule has 2 amide bonds. The zero-order valence-electron chi connectivity index (χ0n) is 14.8. The molecule has 144 valence electrons. The number of carbonyl (C=O) groups is 2. The third-order valence-corrected chi connectivity index (χ3v) is 5.54. The number of nitrogens with one attached hydrogen (secondary N) is 1. The molecule has 2 aromatic heterocycles. The van der Waals surface area contributed by atoms with Crippen LogP contribution in [0.15, 0.2) is 52.2 Å². The minimum atomic E-state index is -0.496. The van der Waals surface area contributed by atoms with Crippen molar-refractivity contribution in [3.8, 4) is 11.6 Å². The Hall–Kier alpha value is -2.94. The van der Waals surface area contributed by atoms with Gasteiger partial charge in [0, 0.05) is 18.3 Å². The number of hydrogen-bond donors (Lipinski definition) is 1. The lowest BCUT2D eigenvalue weighted by Gasteiger charge is -2.21. The van der Waals surface area contributed by atoms with E-state index in [1.54, 1.807) is 6.20 Å². The molecule has 0 bridgehead atoms. The summed E-state index contributed by atoms with van der Waals surface area (Å²) < 4.78 is 18.7. The van der Waals surface area contributed by atoms with Crippen LogP contribution in [0.2, 0.25) is 0 Å². The first-order valence-corrected chi connectivity index (χ1v) is 9.75. The first-order valence-electron chi connectivity index (χ1n) is 8.87. The van der Waals surface area contributed by atoms with E-state index in [-0.39, 0.29) is 16.7 Å². The summed E-state index contributed by atoms with van der Waals surface area (Å²) in [5.74, 6) is -0.805. The molecule has 3 aromatic rings. The van der Waals surface area contributed by atoms with Crippen LogP contribution in [-0.2, 0) is 4.79 Å². The highest BCUT2D eigenvalue weighted by atomic mass is 32.2. The molecule has 9 heteroatoms. The fraction of sp³-hybridized carbons (Fsp3) is 0.263. The Morgan fingerprint density at radius 3 is 2.79 bits per heavy atom. The molecule has 0 unspecified atom stereocenters. The number of aromatic amines is 1. The standard InChI is InChI=1S/C19H17FN4O3S/c20-13-8-6-12(7-9-13)17(25)24-11-2-1-5-15(18(24)26)28-19-23-22-16(27-19)14-4-3-10-21-14/h3-4,6-10,15,21H,1-2,5,11H2/t15-/m0/s1. The fourth-order valence-corrected chi connectivity index (χ4v) is 3.99. The molecule has 1 aliphatic heterocycles. The zero-order chi connectivity index (χ0) is 19.5. The maximum atomic E-state index is 13.1. The second kappa shape index (κ2) is 7.97. The summed E-state index contributed by atoms with van der Waals surface area (Å²) in [5.41, 5.74) is 0.979. The van der Waals surface area contributed by atoms with Gasteiger partial charge in [-0.15, -0.1) is 10.2 Å². The Kier molecular flexibility index (Phi) is 5.25. The maximum Gasteiger partial charge on any atom is 0.277 e. The Morgan fingerprint density at radius 2 is 2.04 bits per heavy atom. The van der Waals surface area contributed by atoms with Crippen LogP contribution in [0, 0.1) is 5.82 Å². The fourth-order valence-electron chi connectivity index (χ4n) is 3.02. The van der Waals surface area contributed by atoms with Crippen molar-refractivity contribution in [2.45, 2.75) is 29.7 Å². The number of hydrogen-bond acceptors (Lipinski definition) is 6. The Morgan fingerprint density at radius 1 is 1.21 bits per heavy atom. The average Bonchev–Trinajstić information content (AvgIpc) is 3.35. The van der Waals surface area contributed by atoms with Gasteiger partial charge in [0.2, 0.25) is 5.91 Å². The molecule has 28 heavy (non-hydrogen) atoms. The molecule has 1 N–H and O–H groups in total. The lowest BCUT2D eigenvalue weighted by molar-refractivity contribution is -0.127. The molecular formula is C19H17FN4O3S. The number of H-pyrrole nitrogens is 1. The molecule has 0 aliphatic carbocycles. The van der Waals surface area contributed by atoms with Gasteiger partial charge < -0.3 is 9.40 Å². The number of amides is 2. The van der Waals surface area contributed by atoms with Gasteiger partial charge in [0.25, 0.3) is 17.0 Å². The predicted octanol–water partition coefficient (Wildman–Crippen LogP) is 3.52. The van der Waals surface area contributed by atoms with Gasteiger partial charge >= 0.3 is 0 Å². The van der Waals surface area contributed by atoms with Crippen LogP contribution >= 0.6 is 11.8 Å². The molecule has 3 heterocycles. The lowest BCUT2D eigenvalue weighted by atomic mass is 10.2. The molecule has 0 spiro atoms. The van der Waals surface area contributed by atoms with Crippen LogP contribution in [0.4, 0.5) is 4.39 Å². The van der Waals surface area contributed by atoms with E-state index in [0.717, 1.165) is 6.42 Å². The molecule has 7 nitrogen and oxygen atoms in total. The maximum absolute atomic E-state index is 13.1. The number of imide groups is 1. The number of aromatic nitrogens is 3. The van der Waals surface area contributed by atoms with Crippen molar-refractivity contribution in [1.82, 2.24) is 20.1 Å². The lowest BCUT2D eigenvalue weighted by Crippen LogP contribution is -2.41. The number of likely N-dealkylation sites (tertiary alicyclic amines) is 1. The molecule has 0 radical (unpaired) electrons. The summed E-state index contributed by atoms with van der Waals surface area (Å²) >= 11 is 1.17. The number of rotatable bonds is 4. The normalized spacial score (nSPS) is 17.5. The molecule has 0 saturated carbocycles. The van der Waals surface area contributed by atoms with E-state index in [4.69, 9.17) is 4.42 Å². The van der Waals surface area contributed by atoms with E-state index in [0.29, 0.717) is 31.0 Å². The second-order valence-electron chi connectivity index (χ2n) is 6.36. The first-order chi connectivity index (χ1) is 13.6. The van der Waals surface area contributed by atoms with Crippen molar-refractivity contribution >= 4 is 23.6 Å². The summed E-state index contributed by atoms with van der Waals surface area (Å²) in [6.45, 7) is 0.337. The van der Waals surface area contributed by atoms with Crippen LogP contribution in [0.1, 0.15) is 29.6 Å². The molecular weight excluding hydrogens is 383 g/mol. The van der Waals surface area contributed by atoms with E-state index in [2.05, 4.69) is 15.2 Å². The average molecular weight is 400 g/mol. The Labute approximate surface area is 164 Å². The number of nitrogens with zero attached hydrogens (tertiary/aromatic N) is 3. The van der Waals surface area contributed by atoms with Gasteiger partial charge in [0.15, 0.2) is 0 Å².